The van der Waals surface area contributed by atoms with Crippen molar-refractivity contribution in [3.05, 3.63) is 35.4 Å². The van der Waals surface area contributed by atoms with Gasteiger partial charge in [-0.15, -0.1) is 12.4 Å². The van der Waals surface area contributed by atoms with Crippen molar-refractivity contribution in [1.29, 1.82) is 0 Å². The van der Waals surface area contributed by atoms with Gasteiger partial charge in [-0.1, -0.05) is 17.2 Å². The van der Waals surface area contributed by atoms with Gasteiger partial charge in [-0.25, -0.2) is 0 Å². The zero-order chi connectivity index (χ0) is 16.4. The van der Waals surface area contributed by atoms with Gasteiger partial charge in [-0.05, 0) is 52.3 Å². The highest BCUT2D eigenvalue weighted by molar-refractivity contribution is 5.92. The molecule has 1 saturated heterocycles. The Hall–Kier alpha value is -1.85. The molecule has 130 valence electrons. The number of piperidine rings is 1. The molecular weight excluding hydrogens is 324 g/mol. The summed E-state index contributed by atoms with van der Waals surface area (Å²) in [5, 5.41) is 13.6. The van der Waals surface area contributed by atoms with E-state index in [1.165, 1.54) is 11.1 Å². The van der Waals surface area contributed by atoms with Crippen molar-refractivity contribution in [2.75, 3.05) is 11.9 Å². The minimum absolute atomic E-state index is 0. The van der Waals surface area contributed by atoms with Crippen molar-refractivity contribution in [3.63, 3.8) is 0 Å². The summed E-state index contributed by atoms with van der Waals surface area (Å²) < 4.78 is 0. The molecule has 2 atom stereocenters. The van der Waals surface area contributed by atoms with Gasteiger partial charge in [0.15, 0.2) is 5.82 Å². The van der Waals surface area contributed by atoms with Crippen molar-refractivity contribution in [1.82, 2.24) is 15.5 Å². The maximum atomic E-state index is 12.4. The average Bonchev–Trinajstić information content (AvgIpc) is 2.95. The van der Waals surface area contributed by atoms with Crippen LogP contribution in [-0.2, 0) is 4.79 Å². The average molecular weight is 349 g/mol. The number of hydrogen-bond acceptors (Lipinski definition) is 3. The third kappa shape index (κ3) is 4.36. The van der Waals surface area contributed by atoms with Crippen LogP contribution in [0.15, 0.2) is 24.3 Å². The SMILES string of the molecule is Cc1cc(C)cc(-c2cc(NC(=O)[C@H]3CCN[C@@H](C)C3)n[nH]2)c1.Cl. The van der Waals surface area contributed by atoms with Gasteiger partial charge in [0.1, 0.15) is 0 Å². The van der Waals surface area contributed by atoms with Gasteiger partial charge >= 0.3 is 0 Å². The van der Waals surface area contributed by atoms with Crippen molar-refractivity contribution in [3.8, 4) is 11.3 Å². The third-order valence-electron chi connectivity index (χ3n) is 4.36. The molecule has 0 aliphatic carbocycles. The van der Waals surface area contributed by atoms with Gasteiger partial charge in [-0.2, -0.15) is 5.10 Å². The monoisotopic (exact) mass is 348 g/mol. The fourth-order valence-electron chi connectivity index (χ4n) is 3.26. The number of rotatable bonds is 3. The number of carbonyl (C=O) groups excluding carboxylic acids is 1. The van der Waals surface area contributed by atoms with Crippen LogP contribution in [0, 0.1) is 19.8 Å². The summed E-state index contributed by atoms with van der Waals surface area (Å²) in [7, 11) is 0. The Bertz CT molecular complexity index is 693. The summed E-state index contributed by atoms with van der Waals surface area (Å²) in [6.45, 7) is 7.17. The molecule has 5 nitrogen and oxygen atoms in total. The summed E-state index contributed by atoms with van der Waals surface area (Å²) in [5.74, 6) is 0.722. The molecule has 1 aliphatic heterocycles. The molecule has 6 heteroatoms. The number of H-pyrrole nitrogens is 1. The number of aryl methyl sites for hydroxylation is 2. The Morgan fingerprint density at radius 2 is 1.92 bits per heavy atom. The molecule has 1 aromatic heterocycles. The molecule has 0 unspecified atom stereocenters. The lowest BCUT2D eigenvalue weighted by molar-refractivity contribution is -0.120. The molecular formula is C18H25ClN4O. The van der Waals surface area contributed by atoms with Crippen LogP contribution in [0.1, 0.15) is 30.9 Å². The highest BCUT2D eigenvalue weighted by Crippen LogP contribution is 2.23. The smallest absolute Gasteiger partial charge is 0.228 e. The van der Waals surface area contributed by atoms with E-state index >= 15 is 0 Å². The first-order valence-corrected chi connectivity index (χ1v) is 8.19. The van der Waals surface area contributed by atoms with E-state index in [-0.39, 0.29) is 24.2 Å². The number of halogens is 1. The Labute approximate surface area is 149 Å². The topological polar surface area (TPSA) is 69.8 Å². The summed E-state index contributed by atoms with van der Waals surface area (Å²) >= 11 is 0. The maximum Gasteiger partial charge on any atom is 0.228 e. The summed E-state index contributed by atoms with van der Waals surface area (Å²) in [5.41, 5.74) is 4.43. The molecule has 0 bridgehead atoms. The number of anilines is 1. The van der Waals surface area contributed by atoms with Crippen molar-refractivity contribution < 1.29 is 4.79 Å². The Morgan fingerprint density at radius 1 is 1.21 bits per heavy atom. The van der Waals surface area contributed by atoms with E-state index in [9.17, 15) is 4.79 Å². The van der Waals surface area contributed by atoms with Crippen LogP contribution in [-0.4, -0.2) is 28.7 Å². The third-order valence-corrected chi connectivity index (χ3v) is 4.36. The summed E-state index contributed by atoms with van der Waals surface area (Å²) in [6, 6.07) is 8.66. The molecule has 0 saturated carbocycles. The normalized spacial score (nSPS) is 20.3. The van der Waals surface area contributed by atoms with E-state index < -0.39 is 0 Å². The van der Waals surface area contributed by atoms with Crippen molar-refractivity contribution >= 4 is 24.1 Å². The van der Waals surface area contributed by atoms with Crippen LogP contribution in [0.25, 0.3) is 11.3 Å². The number of amides is 1. The van der Waals surface area contributed by atoms with Gasteiger partial charge in [0.05, 0.1) is 5.69 Å². The van der Waals surface area contributed by atoms with Crippen molar-refractivity contribution in [2.24, 2.45) is 5.92 Å². The van der Waals surface area contributed by atoms with E-state index in [1.54, 1.807) is 0 Å². The lowest BCUT2D eigenvalue weighted by atomic mass is 9.92. The van der Waals surface area contributed by atoms with Crippen LogP contribution in [0.4, 0.5) is 5.82 Å². The van der Waals surface area contributed by atoms with Gasteiger partial charge in [0, 0.05) is 23.6 Å². The predicted octanol–water partition coefficient (Wildman–Crippen LogP) is 3.44. The molecule has 0 radical (unpaired) electrons. The fourth-order valence-corrected chi connectivity index (χ4v) is 3.26. The van der Waals surface area contributed by atoms with Gasteiger partial charge in [-0.3, -0.25) is 9.89 Å². The zero-order valence-electron chi connectivity index (χ0n) is 14.3. The van der Waals surface area contributed by atoms with Gasteiger partial charge < -0.3 is 10.6 Å². The van der Waals surface area contributed by atoms with Crippen LogP contribution < -0.4 is 10.6 Å². The second-order valence-corrected chi connectivity index (χ2v) is 6.61. The van der Waals surface area contributed by atoms with Gasteiger partial charge in [0.25, 0.3) is 0 Å². The fraction of sp³-hybridized carbons (Fsp3) is 0.444. The lowest BCUT2D eigenvalue weighted by Crippen LogP contribution is -2.40. The first-order valence-electron chi connectivity index (χ1n) is 8.19. The molecule has 2 aromatic rings. The highest BCUT2D eigenvalue weighted by Gasteiger charge is 2.25. The molecule has 1 aromatic carbocycles. The van der Waals surface area contributed by atoms with E-state index in [0.29, 0.717) is 11.9 Å². The molecule has 1 aliphatic rings. The largest absolute Gasteiger partial charge is 0.314 e. The molecule has 1 amide bonds. The minimum atomic E-state index is 0. The number of aromatic amines is 1. The summed E-state index contributed by atoms with van der Waals surface area (Å²) in [6.07, 6.45) is 1.75. The standard InChI is InChI=1S/C18H24N4O.ClH/c1-11-6-12(2)8-15(7-11)16-10-17(22-21-16)20-18(23)14-4-5-19-13(3)9-14;/h6-8,10,13-14,19H,4-5,9H2,1-3H3,(H2,20,21,22,23);1H/t13-,14-;/m0./s1. The van der Waals surface area contributed by atoms with Crippen LogP contribution >= 0.6 is 12.4 Å². The first kappa shape index (κ1) is 18.5. The Kier molecular flexibility index (Phi) is 6.02. The van der Waals surface area contributed by atoms with E-state index in [2.05, 4.69) is 59.8 Å². The quantitative estimate of drug-likeness (QED) is 0.795. The van der Waals surface area contributed by atoms with Crippen molar-refractivity contribution in [2.45, 2.75) is 39.7 Å². The van der Waals surface area contributed by atoms with Gasteiger partial charge in [0.2, 0.25) is 5.91 Å². The van der Waals surface area contributed by atoms with E-state index in [0.717, 1.165) is 30.6 Å². The Balaban J connectivity index is 0.00000208. The number of nitrogens with one attached hydrogen (secondary N) is 3. The second kappa shape index (κ2) is 7.81. The molecule has 0 spiro atoms. The maximum absolute atomic E-state index is 12.4. The number of aromatic nitrogens is 2. The molecule has 24 heavy (non-hydrogen) atoms. The molecule has 3 N–H and O–H groups in total. The second-order valence-electron chi connectivity index (χ2n) is 6.61. The Morgan fingerprint density at radius 3 is 2.58 bits per heavy atom. The lowest BCUT2D eigenvalue weighted by Gasteiger charge is -2.26. The number of hydrogen-bond donors (Lipinski definition) is 3. The van der Waals surface area contributed by atoms with E-state index in [4.69, 9.17) is 0 Å². The minimum Gasteiger partial charge on any atom is -0.314 e. The number of nitrogens with zero attached hydrogens (tertiary/aromatic N) is 1. The molecule has 1 fully saturated rings. The molecule has 3 rings (SSSR count). The van der Waals surface area contributed by atoms with Crippen LogP contribution in [0.3, 0.4) is 0 Å². The number of carbonyl (C=O) groups is 1. The van der Waals surface area contributed by atoms with E-state index in [1.807, 2.05) is 6.07 Å². The van der Waals surface area contributed by atoms with Crippen LogP contribution in [0.2, 0.25) is 0 Å². The molecule has 2 heterocycles. The zero-order valence-corrected chi connectivity index (χ0v) is 15.2. The summed E-state index contributed by atoms with van der Waals surface area (Å²) in [4.78, 5) is 12.4. The van der Waals surface area contributed by atoms with Crippen LogP contribution in [0.5, 0.6) is 0 Å². The number of benzene rings is 1. The predicted molar refractivity (Wildman–Crippen MR) is 99.6 cm³/mol. The highest BCUT2D eigenvalue weighted by atomic mass is 35.5. The first-order chi connectivity index (χ1) is 11.0.